The molecule has 1 saturated carbocycles. The number of aliphatic imine (C=N–C) groups is 1. The van der Waals surface area contributed by atoms with Crippen LogP contribution >= 0.6 is 24.0 Å². The van der Waals surface area contributed by atoms with Crippen LogP contribution in [0.25, 0.3) is 0 Å². The van der Waals surface area contributed by atoms with Crippen LogP contribution in [0, 0.1) is 5.41 Å². The molecule has 1 aliphatic carbocycles. The van der Waals surface area contributed by atoms with E-state index in [1.807, 2.05) is 7.05 Å². The van der Waals surface area contributed by atoms with Gasteiger partial charge in [-0.25, -0.2) is 0 Å². The fraction of sp³-hybridized carbons (Fsp3) is 0.833. The highest BCUT2D eigenvalue weighted by atomic mass is 127. The van der Waals surface area contributed by atoms with Crippen molar-refractivity contribution in [1.82, 2.24) is 15.1 Å². The molecule has 0 aromatic rings. The molecule has 0 aromatic carbocycles. The third-order valence-electron chi connectivity index (χ3n) is 5.97. The Balaban J connectivity index is 0.00000208. The summed E-state index contributed by atoms with van der Waals surface area (Å²) in [6.07, 6.45) is 11.8. The van der Waals surface area contributed by atoms with Crippen LogP contribution in [0.2, 0.25) is 0 Å². The van der Waals surface area contributed by atoms with Gasteiger partial charge in [0.2, 0.25) is 0 Å². The van der Waals surface area contributed by atoms with Crippen molar-refractivity contribution >= 4 is 29.9 Å². The van der Waals surface area contributed by atoms with Gasteiger partial charge in [-0.15, -0.1) is 24.0 Å². The zero-order valence-electron chi connectivity index (χ0n) is 14.9. The Morgan fingerprint density at radius 2 is 2.00 bits per heavy atom. The van der Waals surface area contributed by atoms with Gasteiger partial charge in [0.25, 0.3) is 0 Å². The Bertz CT molecular complexity index is 440. The molecule has 2 heterocycles. The molecule has 1 saturated heterocycles. The van der Waals surface area contributed by atoms with Gasteiger partial charge in [0.05, 0.1) is 0 Å². The normalized spacial score (nSPS) is 26.8. The van der Waals surface area contributed by atoms with E-state index in [2.05, 4.69) is 32.3 Å². The summed E-state index contributed by atoms with van der Waals surface area (Å²) in [5, 5.41) is 13.0. The van der Waals surface area contributed by atoms with E-state index in [9.17, 15) is 5.11 Å². The van der Waals surface area contributed by atoms with Crippen LogP contribution in [-0.4, -0.2) is 73.3 Å². The number of likely N-dealkylation sites (tertiary alicyclic amines) is 1. The molecule has 2 N–H and O–H groups in total. The van der Waals surface area contributed by atoms with E-state index in [1.54, 1.807) is 0 Å². The first-order valence-corrected chi connectivity index (χ1v) is 9.22. The van der Waals surface area contributed by atoms with Crippen molar-refractivity contribution in [1.29, 1.82) is 0 Å². The standard InChI is InChI=1S/C18H32N4O.HI/c1-19-17(20-15-18(9-13-23)7-2-3-8-18)22-12-6-16(14-22)21-10-4-5-11-21;/h4-5,16,23H,2-3,6-15H2,1H3,(H,19,20);1H. The molecule has 2 fully saturated rings. The molecule has 6 heteroatoms. The lowest BCUT2D eigenvalue weighted by atomic mass is 9.83. The molecule has 0 bridgehead atoms. The lowest BCUT2D eigenvalue weighted by Crippen LogP contribution is -2.46. The van der Waals surface area contributed by atoms with E-state index in [4.69, 9.17) is 0 Å². The van der Waals surface area contributed by atoms with Gasteiger partial charge < -0.3 is 15.3 Å². The molecule has 0 aromatic heterocycles. The number of halogens is 1. The van der Waals surface area contributed by atoms with Crippen molar-refractivity contribution in [3.05, 3.63) is 12.2 Å². The largest absolute Gasteiger partial charge is 0.396 e. The first kappa shape index (κ1) is 20.0. The number of aliphatic hydroxyl groups is 1. The lowest BCUT2D eigenvalue weighted by Gasteiger charge is -2.31. The van der Waals surface area contributed by atoms with E-state index < -0.39 is 0 Å². The van der Waals surface area contributed by atoms with Crippen LogP contribution in [0.5, 0.6) is 0 Å². The smallest absolute Gasteiger partial charge is 0.193 e. The van der Waals surface area contributed by atoms with Crippen molar-refractivity contribution in [2.45, 2.75) is 44.6 Å². The summed E-state index contributed by atoms with van der Waals surface area (Å²) in [6, 6.07) is 0.654. The van der Waals surface area contributed by atoms with Crippen molar-refractivity contribution < 1.29 is 5.11 Å². The molecule has 2 aliphatic heterocycles. The fourth-order valence-electron chi connectivity index (χ4n) is 4.50. The zero-order chi connectivity index (χ0) is 16.1. The molecular formula is C18H33IN4O. The number of aliphatic hydroxyl groups excluding tert-OH is 1. The minimum Gasteiger partial charge on any atom is -0.396 e. The minimum atomic E-state index is 0. The van der Waals surface area contributed by atoms with E-state index in [0.717, 1.165) is 45.1 Å². The molecule has 138 valence electrons. The first-order chi connectivity index (χ1) is 11.3. The summed E-state index contributed by atoms with van der Waals surface area (Å²) in [5.41, 5.74) is 0.280. The molecule has 1 unspecified atom stereocenters. The van der Waals surface area contributed by atoms with Crippen LogP contribution in [0.3, 0.4) is 0 Å². The van der Waals surface area contributed by atoms with Gasteiger partial charge in [-0.3, -0.25) is 9.89 Å². The monoisotopic (exact) mass is 448 g/mol. The summed E-state index contributed by atoms with van der Waals surface area (Å²) in [4.78, 5) is 9.48. The number of guanidine groups is 1. The molecule has 5 nitrogen and oxygen atoms in total. The summed E-state index contributed by atoms with van der Waals surface area (Å²) in [5.74, 6) is 1.05. The topological polar surface area (TPSA) is 51.1 Å². The van der Waals surface area contributed by atoms with Crippen LogP contribution < -0.4 is 5.32 Å². The highest BCUT2D eigenvalue weighted by Crippen LogP contribution is 2.40. The van der Waals surface area contributed by atoms with Crippen LogP contribution in [-0.2, 0) is 0 Å². The van der Waals surface area contributed by atoms with Gasteiger partial charge in [-0.1, -0.05) is 25.0 Å². The van der Waals surface area contributed by atoms with Gasteiger partial charge >= 0.3 is 0 Å². The highest BCUT2D eigenvalue weighted by molar-refractivity contribution is 14.0. The summed E-state index contributed by atoms with van der Waals surface area (Å²) < 4.78 is 0. The quantitative estimate of drug-likeness (QED) is 0.293. The van der Waals surface area contributed by atoms with Crippen molar-refractivity contribution in [3.63, 3.8) is 0 Å². The maximum atomic E-state index is 9.40. The average molecular weight is 448 g/mol. The summed E-state index contributed by atoms with van der Waals surface area (Å²) >= 11 is 0. The molecule has 3 rings (SSSR count). The number of nitrogens with one attached hydrogen (secondary N) is 1. The summed E-state index contributed by atoms with van der Waals surface area (Å²) in [6.45, 7) is 5.62. The van der Waals surface area contributed by atoms with E-state index in [0.29, 0.717) is 12.6 Å². The number of hydrogen-bond donors (Lipinski definition) is 2. The van der Waals surface area contributed by atoms with Gasteiger partial charge in [0.15, 0.2) is 5.96 Å². The molecular weight excluding hydrogens is 415 g/mol. The maximum Gasteiger partial charge on any atom is 0.193 e. The second-order valence-electron chi connectivity index (χ2n) is 7.40. The molecule has 3 aliphatic rings. The Hall–Kier alpha value is -0.340. The second kappa shape index (κ2) is 9.38. The van der Waals surface area contributed by atoms with Crippen molar-refractivity contribution in [2.24, 2.45) is 10.4 Å². The van der Waals surface area contributed by atoms with E-state index >= 15 is 0 Å². The predicted octanol–water partition coefficient (Wildman–Crippen LogP) is 2.07. The second-order valence-corrected chi connectivity index (χ2v) is 7.40. The number of rotatable bonds is 5. The molecule has 0 spiro atoms. The molecule has 0 radical (unpaired) electrons. The minimum absolute atomic E-state index is 0. The maximum absolute atomic E-state index is 9.40. The number of hydrogen-bond acceptors (Lipinski definition) is 3. The van der Waals surface area contributed by atoms with Gasteiger partial charge in [0, 0.05) is 52.4 Å². The SMILES string of the molecule is CN=C(NCC1(CCO)CCCC1)N1CCC(N2CC=CC2)C1.I. The van der Waals surface area contributed by atoms with Crippen LogP contribution in [0.4, 0.5) is 0 Å². The lowest BCUT2D eigenvalue weighted by molar-refractivity contribution is 0.184. The van der Waals surface area contributed by atoms with E-state index in [1.165, 1.54) is 32.1 Å². The average Bonchev–Trinajstić information content (AvgIpc) is 3.30. The third kappa shape index (κ3) is 4.64. The number of nitrogens with zero attached hydrogens (tertiary/aromatic N) is 3. The third-order valence-corrected chi connectivity index (χ3v) is 5.97. The van der Waals surface area contributed by atoms with Gasteiger partial charge in [0.1, 0.15) is 0 Å². The van der Waals surface area contributed by atoms with Crippen LogP contribution in [0.15, 0.2) is 17.1 Å². The summed E-state index contributed by atoms with van der Waals surface area (Å²) in [7, 11) is 1.89. The van der Waals surface area contributed by atoms with Gasteiger partial charge in [-0.05, 0) is 31.1 Å². The Kier molecular flexibility index (Phi) is 7.81. The van der Waals surface area contributed by atoms with Crippen molar-refractivity contribution in [2.75, 3.05) is 46.4 Å². The van der Waals surface area contributed by atoms with E-state index in [-0.39, 0.29) is 29.4 Å². The molecule has 1 atom stereocenters. The Labute approximate surface area is 163 Å². The fourth-order valence-corrected chi connectivity index (χ4v) is 4.50. The molecule has 0 amide bonds. The Morgan fingerprint density at radius 1 is 1.29 bits per heavy atom. The van der Waals surface area contributed by atoms with Crippen molar-refractivity contribution in [3.8, 4) is 0 Å². The highest BCUT2D eigenvalue weighted by Gasteiger charge is 2.35. The van der Waals surface area contributed by atoms with Crippen LogP contribution in [0.1, 0.15) is 38.5 Å². The molecule has 24 heavy (non-hydrogen) atoms. The zero-order valence-corrected chi connectivity index (χ0v) is 17.2. The Morgan fingerprint density at radius 3 is 2.62 bits per heavy atom. The first-order valence-electron chi connectivity index (χ1n) is 9.22. The van der Waals surface area contributed by atoms with Gasteiger partial charge in [-0.2, -0.15) is 0 Å². The predicted molar refractivity (Wildman–Crippen MR) is 110 cm³/mol.